The molecule has 2 rings (SSSR count). The van der Waals surface area contributed by atoms with Crippen LogP contribution in [0.4, 0.5) is 5.69 Å². The fraction of sp³-hybridized carbons (Fsp3) is 0.154. The van der Waals surface area contributed by atoms with Gasteiger partial charge in [-0.25, -0.2) is 0 Å². The molecule has 0 saturated heterocycles. The van der Waals surface area contributed by atoms with Crippen molar-refractivity contribution in [3.05, 3.63) is 41.6 Å². The van der Waals surface area contributed by atoms with E-state index in [2.05, 4.69) is 6.07 Å². The summed E-state index contributed by atoms with van der Waals surface area (Å²) in [5, 5.41) is 8.88. The van der Waals surface area contributed by atoms with Gasteiger partial charge in [-0.15, -0.1) is 0 Å². The Morgan fingerprint density at radius 2 is 1.94 bits per heavy atom. The van der Waals surface area contributed by atoms with Crippen molar-refractivity contribution >= 4 is 5.69 Å². The number of hydrogen-bond donors (Lipinski definition) is 1. The van der Waals surface area contributed by atoms with Crippen molar-refractivity contribution in [2.75, 3.05) is 5.73 Å². The van der Waals surface area contributed by atoms with Gasteiger partial charge in [0.1, 0.15) is 17.5 Å². The topological polar surface area (TPSA) is 64.0 Å². The minimum atomic E-state index is 0.463. The van der Waals surface area contributed by atoms with Crippen LogP contribution < -0.4 is 10.5 Å². The average molecular weight is 227 g/mol. The quantitative estimate of drug-likeness (QED) is 0.857. The number of hydrogen-bond acceptors (Lipinski definition) is 3. The van der Waals surface area contributed by atoms with Crippen LogP contribution >= 0.6 is 0 Å². The van der Waals surface area contributed by atoms with Gasteiger partial charge in [0.15, 0.2) is 0 Å². The van der Waals surface area contributed by atoms with Gasteiger partial charge >= 0.3 is 0 Å². The molecule has 0 amide bonds. The molecule has 17 heavy (non-hydrogen) atoms. The molecule has 1 heterocycles. The standard InChI is InChI=1S/C13H13N3O/c1-9-3-5-11(6-4-9)17-13-12(15)7-10(8-14)16(13)2/h3-7H,15H2,1-2H3. The SMILES string of the molecule is Cc1ccc(Oc2c(N)cc(C#N)n2C)cc1. The van der Waals surface area contributed by atoms with Gasteiger partial charge in [-0.2, -0.15) is 5.26 Å². The van der Waals surface area contributed by atoms with E-state index < -0.39 is 0 Å². The van der Waals surface area contributed by atoms with Gasteiger partial charge in [0.2, 0.25) is 5.88 Å². The summed E-state index contributed by atoms with van der Waals surface area (Å²) in [6.07, 6.45) is 0. The van der Waals surface area contributed by atoms with E-state index in [1.54, 1.807) is 17.7 Å². The third-order valence-corrected chi connectivity index (χ3v) is 2.56. The Balaban J connectivity index is 2.33. The Bertz CT molecular complexity index is 576. The monoisotopic (exact) mass is 227 g/mol. The molecule has 1 aromatic heterocycles. The third-order valence-electron chi connectivity index (χ3n) is 2.56. The fourth-order valence-electron chi connectivity index (χ4n) is 1.56. The molecule has 2 N–H and O–H groups in total. The third kappa shape index (κ3) is 2.08. The maximum atomic E-state index is 8.88. The Morgan fingerprint density at radius 3 is 2.47 bits per heavy atom. The zero-order valence-corrected chi connectivity index (χ0v) is 9.77. The molecule has 0 radical (unpaired) electrons. The van der Waals surface area contributed by atoms with Crippen molar-refractivity contribution in [3.8, 4) is 17.7 Å². The van der Waals surface area contributed by atoms with Gasteiger partial charge in [0, 0.05) is 13.1 Å². The van der Waals surface area contributed by atoms with E-state index >= 15 is 0 Å². The Morgan fingerprint density at radius 1 is 1.29 bits per heavy atom. The largest absolute Gasteiger partial charge is 0.439 e. The molecule has 0 atom stereocenters. The van der Waals surface area contributed by atoms with Crippen molar-refractivity contribution in [1.82, 2.24) is 4.57 Å². The van der Waals surface area contributed by atoms with Crippen molar-refractivity contribution in [3.63, 3.8) is 0 Å². The number of ether oxygens (including phenoxy) is 1. The number of rotatable bonds is 2. The highest BCUT2D eigenvalue weighted by Gasteiger charge is 2.11. The molecule has 2 aromatic rings. The second-order valence-electron chi connectivity index (χ2n) is 3.88. The summed E-state index contributed by atoms with van der Waals surface area (Å²) in [6, 6.07) is 11.3. The minimum absolute atomic E-state index is 0.463. The lowest BCUT2D eigenvalue weighted by molar-refractivity contribution is 0.444. The molecule has 0 saturated carbocycles. The highest BCUT2D eigenvalue weighted by molar-refractivity contribution is 5.56. The van der Waals surface area contributed by atoms with E-state index in [0.717, 1.165) is 5.56 Å². The minimum Gasteiger partial charge on any atom is -0.439 e. The van der Waals surface area contributed by atoms with Crippen LogP contribution in [0.2, 0.25) is 0 Å². The number of aromatic nitrogens is 1. The second kappa shape index (κ2) is 4.22. The summed E-state index contributed by atoms with van der Waals surface area (Å²) < 4.78 is 7.30. The van der Waals surface area contributed by atoms with E-state index in [-0.39, 0.29) is 0 Å². The number of benzene rings is 1. The molecule has 0 bridgehead atoms. The zero-order valence-electron chi connectivity index (χ0n) is 9.77. The van der Waals surface area contributed by atoms with Gasteiger partial charge in [-0.05, 0) is 19.1 Å². The molecule has 0 aliphatic rings. The lowest BCUT2D eigenvalue weighted by Crippen LogP contribution is -1.97. The van der Waals surface area contributed by atoms with Crippen LogP contribution in [0.25, 0.3) is 0 Å². The van der Waals surface area contributed by atoms with Crippen LogP contribution in [-0.4, -0.2) is 4.57 Å². The number of nitrogens with zero attached hydrogens (tertiary/aromatic N) is 2. The highest BCUT2D eigenvalue weighted by atomic mass is 16.5. The van der Waals surface area contributed by atoms with Crippen LogP contribution in [0, 0.1) is 18.3 Å². The summed E-state index contributed by atoms with van der Waals surface area (Å²) in [5.41, 5.74) is 7.90. The summed E-state index contributed by atoms with van der Waals surface area (Å²) in [6.45, 7) is 2.01. The molecular formula is C13H13N3O. The smallest absolute Gasteiger partial charge is 0.224 e. The Kier molecular flexibility index (Phi) is 2.75. The first-order valence-corrected chi connectivity index (χ1v) is 5.21. The van der Waals surface area contributed by atoms with Crippen LogP contribution in [0.5, 0.6) is 11.6 Å². The van der Waals surface area contributed by atoms with Crippen LogP contribution in [-0.2, 0) is 7.05 Å². The molecule has 0 unspecified atom stereocenters. The van der Waals surface area contributed by atoms with E-state index in [1.165, 1.54) is 0 Å². The van der Waals surface area contributed by atoms with Crippen molar-refractivity contribution in [2.24, 2.45) is 7.05 Å². The first-order valence-electron chi connectivity index (χ1n) is 5.21. The summed E-state index contributed by atoms with van der Waals surface area (Å²) in [4.78, 5) is 0. The molecule has 0 aliphatic heterocycles. The first kappa shape index (κ1) is 11.1. The fourth-order valence-corrected chi connectivity index (χ4v) is 1.56. The first-order chi connectivity index (χ1) is 8.11. The van der Waals surface area contributed by atoms with Gasteiger partial charge in [-0.3, -0.25) is 0 Å². The lowest BCUT2D eigenvalue weighted by atomic mass is 10.2. The normalized spacial score (nSPS) is 9.94. The molecular weight excluding hydrogens is 214 g/mol. The molecule has 4 nitrogen and oxygen atoms in total. The van der Waals surface area contributed by atoms with Crippen LogP contribution in [0.3, 0.4) is 0 Å². The van der Waals surface area contributed by atoms with Crippen molar-refractivity contribution in [1.29, 1.82) is 5.26 Å². The highest BCUT2D eigenvalue weighted by Crippen LogP contribution is 2.29. The zero-order chi connectivity index (χ0) is 12.4. The molecule has 0 spiro atoms. The Labute approximate surface area is 99.8 Å². The van der Waals surface area contributed by atoms with Gasteiger partial charge in [0.05, 0.1) is 5.69 Å². The van der Waals surface area contributed by atoms with Crippen LogP contribution in [0.1, 0.15) is 11.3 Å². The number of nitriles is 1. The summed E-state index contributed by atoms with van der Waals surface area (Å²) >= 11 is 0. The molecule has 0 aliphatic carbocycles. The summed E-state index contributed by atoms with van der Waals surface area (Å²) in [7, 11) is 1.75. The maximum Gasteiger partial charge on any atom is 0.224 e. The van der Waals surface area contributed by atoms with Crippen molar-refractivity contribution in [2.45, 2.75) is 6.92 Å². The Hall–Kier alpha value is -2.41. The van der Waals surface area contributed by atoms with E-state index in [9.17, 15) is 0 Å². The van der Waals surface area contributed by atoms with Crippen molar-refractivity contribution < 1.29 is 4.74 Å². The van der Waals surface area contributed by atoms with E-state index in [1.807, 2.05) is 31.2 Å². The maximum absolute atomic E-state index is 8.88. The van der Waals surface area contributed by atoms with Gasteiger partial charge in [0.25, 0.3) is 0 Å². The lowest BCUT2D eigenvalue weighted by Gasteiger charge is -2.08. The number of aryl methyl sites for hydroxylation is 1. The molecule has 0 fully saturated rings. The van der Waals surface area contributed by atoms with Crippen LogP contribution in [0.15, 0.2) is 30.3 Å². The van der Waals surface area contributed by atoms with Gasteiger partial charge < -0.3 is 15.0 Å². The number of anilines is 1. The predicted octanol–water partition coefficient (Wildman–Crippen LogP) is 2.58. The molecule has 86 valence electrons. The van der Waals surface area contributed by atoms with E-state index in [4.69, 9.17) is 15.7 Å². The summed E-state index contributed by atoms with van der Waals surface area (Å²) in [5.74, 6) is 1.19. The average Bonchev–Trinajstić information content (AvgIpc) is 2.59. The molecule has 4 heteroatoms. The number of nitrogen functional groups attached to an aromatic ring is 1. The predicted molar refractivity (Wildman–Crippen MR) is 65.8 cm³/mol. The number of nitrogens with two attached hydrogens (primary N) is 1. The van der Waals surface area contributed by atoms with E-state index in [0.29, 0.717) is 23.0 Å². The second-order valence-corrected chi connectivity index (χ2v) is 3.88. The molecule has 1 aromatic carbocycles. The van der Waals surface area contributed by atoms with Gasteiger partial charge in [-0.1, -0.05) is 17.7 Å².